The average molecular weight is 265 g/mol. The molecule has 18 heavy (non-hydrogen) atoms. The van der Waals surface area contributed by atoms with E-state index in [0.29, 0.717) is 0 Å². The number of nitrogens with zero attached hydrogens (tertiary/aromatic N) is 1. The van der Waals surface area contributed by atoms with E-state index in [9.17, 15) is 26.7 Å². The highest BCUT2D eigenvalue weighted by molar-refractivity contribution is 5.66. The zero-order valence-electron chi connectivity index (χ0n) is 8.73. The summed E-state index contributed by atoms with van der Waals surface area (Å²) < 4.78 is 69.0. The molecule has 1 aromatic carbocycles. The Bertz CT molecular complexity index is 523. The summed E-state index contributed by atoms with van der Waals surface area (Å²) in [5, 5.41) is 8.53. The van der Waals surface area contributed by atoms with Gasteiger partial charge in [0.1, 0.15) is 6.07 Å². The second-order valence-electron chi connectivity index (χ2n) is 3.10. The molecule has 0 amide bonds. The first kappa shape index (κ1) is 13.9. The fourth-order valence-corrected chi connectivity index (χ4v) is 1.17. The van der Waals surface area contributed by atoms with Crippen LogP contribution in [0.3, 0.4) is 0 Å². The molecule has 3 nitrogen and oxygen atoms in total. The fourth-order valence-electron chi connectivity index (χ4n) is 1.17. The third-order valence-corrected chi connectivity index (χ3v) is 1.91. The van der Waals surface area contributed by atoms with Crippen LogP contribution in [0.5, 0.6) is 0 Å². The number of hydrogen-bond acceptors (Lipinski definition) is 3. The van der Waals surface area contributed by atoms with Gasteiger partial charge in [0.2, 0.25) is 11.9 Å². The van der Waals surface area contributed by atoms with E-state index in [1.807, 2.05) is 0 Å². The van der Waals surface area contributed by atoms with E-state index in [-0.39, 0.29) is 0 Å². The van der Waals surface area contributed by atoms with Crippen LogP contribution in [0.1, 0.15) is 18.6 Å². The molecule has 0 N–H and O–H groups in total. The molecule has 1 rings (SSSR count). The molecule has 0 spiro atoms. The minimum Gasteiger partial charge on any atom is -0.442 e. The van der Waals surface area contributed by atoms with Crippen LogP contribution in [0.2, 0.25) is 0 Å². The normalized spacial score (nSPS) is 11.8. The standard InChI is InChI=1S/C10H4F5NO2/c1-3(17)18-4(2-16)5-6(11)8(13)10(15)9(14)7(5)12/h4H,1H3. The van der Waals surface area contributed by atoms with E-state index < -0.39 is 46.7 Å². The number of benzene rings is 1. The molecule has 0 bridgehead atoms. The van der Waals surface area contributed by atoms with Crippen LogP contribution >= 0.6 is 0 Å². The Morgan fingerprint density at radius 2 is 1.44 bits per heavy atom. The molecule has 1 unspecified atom stereocenters. The van der Waals surface area contributed by atoms with Gasteiger partial charge in [-0.3, -0.25) is 4.79 Å². The van der Waals surface area contributed by atoms with Gasteiger partial charge in [-0.25, -0.2) is 22.0 Å². The third-order valence-electron chi connectivity index (χ3n) is 1.91. The highest BCUT2D eigenvalue weighted by Gasteiger charge is 2.31. The lowest BCUT2D eigenvalue weighted by atomic mass is 10.1. The molecule has 0 aliphatic carbocycles. The van der Waals surface area contributed by atoms with Crippen LogP contribution in [-0.4, -0.2) is 5.97 Å². The lowest BCUT2D eigenvalue weighted by Crippen LogP contribution is -2.14. The molecule has 0 fully saturated rings. The van der Waals surface area contributed by atoms with Crippen molar-refractivity contribution < 1.29 is 31.5 Å². The monoisotopic (exact) mass is 265 g/mol. The number of rotatable bonds is 2. The Balaban J connectivity index is 3.50. The van der Waals surface area contributed by atoms with Gasteiger partial charge in [0.05, 0.1) is 5.56 Å². The van der Waals surface area contributed by atoms with Crippen molar-refractivity contribution >= 4 is 5.97 Å². The van der Waals surface area contributed by atoms with E-state index >= 15 is 0 Å². The molecule has 96 valence electrons. The molecule has 0 heterocycles. The van der Waals surface area contributed by atoms with Crippen LogP contribution in [0.4, 0.5) is 22.0 Å². The van der Waals surface area contributed by atoms with Crippen molar-refractivity contribution in [1.82, 2.24) is 0 Å². The topological polar surface area (TPSA) is 50.1 Å². The minimum atomic E-state index is -2.35. The molecule has 1 atom stereocenters. The van der Waals surface area contributed by atoms with E-state index in [1.54, 1.807) is 0 Å². The number of halogens is 5. The zero-order valence-corrected chi connectivity index (χ0v) is 8.73. The maximum atomic E-state index is 13.2. The maximum Gasteiger partial charge on any atom is 0.304 e. The molecular weight excluding hydrogens is 261 g/mol. The number of carbonyl (C=O) groups excluding carboxylic acids is 1. The van der Waals surface area contributed by atoms with Gasteiger partial charge in [0.15, 0.2) is 23.3 Å². The highest BCUT2D eigenvalue weighted by Crippen LogP contribution is 2.29. The predicted molar refractivity (Wildman–Crippen MR) is 46.4 cm³/mol. The van der Waals surface area contributed by atoms with Gasteiger partial charge >= 0.3 is 5.97 Å². The van der Waals surface area contributed by atoms with Gasteiger partial charge in [-0.1, -0.05) is 0 Å². The summed E-state index contributed by atoms with van der Waals surface area (Å²) in [4.78, 5) is 10.6. The van der Waals surface area contributed by atoms with Crippen molar-refractivity contribution in [3.63, 3.8) is 0 Å². The van der Waals surface area contributed by atoms with Gasteiger partial charge in [-0.05, 0) is 0 Å². The Morgan fingerprint density at radius 1 is 1.06 bits per heavy atom. The smallest absolute Gasteiger partial charge is 0.304 e. The molecule has 0 saturated carbocycles. The Morgan fingerprint density at radius 3 is 1.78 bits per heavy atom. The van der Waals surface area contributed by atoms with Crippen LogP contribution in [-0.2, 0) is 9.53 Å². The van der Waals surface area contributed by atoms with Gasteiger partial charge in [-0.2, -0.15) is 5.26 Å². The molecule has 0 aliphatic heterocycles. The second-order valence-corrected chi connectivity index (χ2v) is 3.10. The van der Waals surface area contributed by atoms with Crippen LogP contribution in [0.15, 0.2) is 0 Å². The number of carbonyl (C=O) groups is 1. The molecule has 8 heteroatoms. The lowest BCUT2D eigenvalue weighted by molar-refractivity contribution is -0.144. The van der Waals surface area contributed by atoms with Gasteiger partial charge < -0.3 is 4.74 Å². The van der Waals surface area contributed by atoms with Crippen molar-refractivity contribution in [1.29, 1.82) is 5.26 Å². The lowest BCUT2D eigenvalue weighted by Gasteiger charge is -2.12. The second kappa shape index (κ2) is 5.00. The van der Waals surface area contributed by atoms with Crippen LogP contribution in [0, 0.1) is 40.4 Å². The van der Waals surface area contributed by atoms with Crippen molar-refractivity contribution in [3.05, 3.63) is 34.6 Å². The Hall–Kier alpha value is -2.17. The summed E-state index contributed by atoms with van der Waals surface area (Å²) in [6, 6.07) is 1.13. The number of nitriles is 1. The molecule has 0 saturated heterocycles. The summed E-state index contributed by atoms with van der Waals surface area (Å²) in [5.41, 5.74) is -1.50. The van der Waals surface area contributed by atoms with Crippen LogP contribution in [0.25, 0.3) is 0 Å². The van der Waals surface area contributed by atoms with E-state index in [1.165, 1.54) is 0 Å². The minimum absolute atomic E-state index is 0.816. The fraction of sp³-hybridized carbons (Fsp3) is 0.200. The maximum absolute atomic E-state index is 13.2. The summed E-state index contributed by atoms with van der Waals surface area (Å²) in [6.07, 6.45) is -2.22. The first-order valence-corrected chi connectivity index (χ1v) is 4.39. The average Bonchev–Trinajstić information content (AvgIpc) is 2.32. The van der Waals surface area contributed by atoms with E-state index in [2.05, 4.69) is 4.74 Å². The quantitative estimate of drug-likeness (QED) is 0.357. The number of ether oxygens (including phenoxy) is 1. The summed E-state index contributed by atoms with van der Waals surface area (Å²) >= 11 is 0. The molecular formula is C10H4F5NO2. The largest absolute Gasteiger partial charge is 0.442 e. The highest BCUT2D eigenvalue weighted by atomic mass is 19.2. The van der Waals surface area contributed by atoms with Crippen molar-refractivity contribution in [2.45, 2.75) is 13.0 Å². The molecule has 0 aromatic heterocycles. The first-order chi connectivity index (χ1) is 8.31. The van der Waals surface area contributed by atoms with E-state index in [4.69, 9.17) is 5.26 Å². The van der Waals surface area contributed by atoms with Gasteiger partial charge in [0.25, 0.3) is 0 Å². The molecule has 0 radical (unpaired) electrons. The van der Waals surface area contributed by atoms with Crippen molar-refractivity contribution in [2.75, 3.05) is 0 Å². The molecule has 0 aliphatic rings. The Kier molecular flexibility index (Phi) is 3.86. The zero-order chi connectivity index (χ0) is 14.0. The first-order valence-electron chi connectivity index (χ1n) is 4.39. The van der Waals surface area contributed by atoms with Gasteiger partial charge in [0, 0.05) is 6.92 Å². The summed E-state index contributed by atoms with van der Waals surface area (Å²) in [7, 11) is 0. The van der Waals surface area contributed by atoms with Gasteiger partial charge in [-0.15, -0.1) is 0 Å². The number of esters is 1. The summed E-state index contributed by atoms with van der Waals surface area (Å²) in [5.74, 6) is -12.3. The molecule has 1 aromatic rings. The van der Waals surface area contributed by atoms with Crippen LogP contribution < -0.4 is 0 Å². The SMILES string of the molecule is CC(=O)OC(C#N)c1c(F)c(F)c(F)c(F)c1F. The number of hydrogen-bond donors (Lipinski definition) is 0. The van der Waals surface area contributed by atoms with E-state index in [0.717, 1.165) is 13.0 Å². The van der Waals surface area contributed by atoms with Crippen molar-refractivity contribution in [3.8, 4) is 6.07 Å². The summed E-state index contributed by atoms with van der Waals surface area (Å²) in [6.45, 7) is 0.816. The van der Waals surface area contributed by atoms with Crippen molar-refractivity contribution in [2.24, 2.45) is 0 Å². The Labute approximate surface area is 97.4 Å². The predicted octanol–water partition coefficient (Wildman–Crippen LogP) is 2.51. The third kappa shape index (κ3) is 2.25.